The minimum absolute atomic E-state index is 0.146. The highest BCUT2D eigenvalue weighted by Crippen LogP contribution is 2.20. The van der Waals surface area contributed by atoms with Crippen LogP contribution >= 0.6 is 11.6 Å². The summed E-state index contributed by atoms with van der Waals surface area (Å²) in [5.41, 5.74) is 1.30. The van der Waals surface area contributed by atoms with E-state index in [2.05, 4.69) is 10.6 Å². The van der Waals surface area contributed by atoms with Crippen molar-refractivity contribution in [3.63, 3.8) is 0 Å². The van der Waals surface area contributed by atoms with Gasteiger partial charge in [0.05, 0.1) is 0 Å². The molecule has 2 aromatic carbocycles. The fourth-order valence-electron chi connectivity index (χ4n) is 2.09. The predicted octanol–water partition coefficient (Wildman–Crippen LogP) is 4.09. The third-order valence-corrected chi connectivity index (χ3v) is 3.45. The second kappa shape index (κ2) is 8.36. The van der Waals surface area contributed by atoms with Gasteiger partial charge in [0.2, 0.25) is 5.91 Å². The summed E-state index contributed by atoms with van der Waals surface area (Å²) in [5.74, 6) is 0.156. The fraction of sp³-hybridized carbons (Fsp3) is 0.222. The zero-order valence-electron chi connectivity index (χ0n) is 13.5. The van der Waals surface area contributed by atoms with E-state index in [4.69, 9.17) is 16.3 Å². The Hall–Kier alpha value is -2.53. The number of ether oxygens (including phenoxy) is 1. The summed E-state index contributed by atoms with van der Waals surface area (Å²) in [4.78, 5) is 23.4. The number of carbonyl (C=O) groups excluding carboxylic acids is 2. The quantitative estimate of drug-likeness (QED) is 0.827. The molecule has 0 bridgehead atoms. The number of amides is 2. The number of hydrogen-bond acceptors (Lipinski definition) is 3. The maximum absolute atomic E-state index is 12.4. The molecule has 0 aliphatic heterocycles. The lowest BCUT2D eigenvalue weighted by molar-refractivity contribution is -0.122. The molecule has 2 aromatic rings. The number of hydrogen-bond donors (Lipinski definition) is 2. The van der Waals surface area contributed by atoms with E-state index in [0.29, 0.717) is 28.6 Å². The van der Waals surface area contributed by atoms with Crippen molar-refractivity contribution in [2.24, 2.45) is 0 Å². The first kappa shape index (κ1) is 17.8. The van der Waals surface area contributed by atoms with Crippen molar-refractivity contribution in [1.29, 1.82) is 0 Å². The number of halogens is 1. The van der Waals surface area contributed by atoms with Gasteiger partial charge in [0, 0.05) is 23.3 Å². The smallest absolute Gasteiger partial charge is 0.265 e. The summed E-state index contributed by atoms with van der Waals surface area (Å²) in [6, 6.07) is 13.8. The van der Waals surface area contributed by atoms with Crippen LogP contribution in [0, 0.1) is 0 Å². The van der Waals surface area contributed by atoms with Gasteiger partial charge in [-0.15, -0.1) is 0 Å². The van der Waals surface area contributed by atoms with E-state index < -0.39 is 6.10 Å². The molecule has 0 fully saturated rings. The van der Waals surface area contributed by atoms with Gasteiger partial charge in [-0.05, 0) is 48.9 Å². The van der Waals surface area contributed by atoms with Gasteiger partial charge >= 0.3 is 0 Å². The Kier molecular flexibility index (Phi) is 6.21. The van der Waals surface area contributed by atoms with Crippen LogP contribution < -0.4 is 15.4 Å². The molecular formula is C18H19ClN2O3. The monoisotopic (exact) mass is 346 g/mol. The maximum atomic E-state index is 12.4. The average molecular weight is 347 g/mol. The zero-order chi connectivity index (χ0) is 17.5. The lowest BCUT2D eigenvalue weighted by Gasteiger charge is -2.17. The molecule has 1 atom stereocenters. The Morgan fingerprint density at radius 2 is 1.71 bits per heavy atom. The molecule has 0 heterocycles. The average Bonchev–Trinajstić information content (AvgIpc) is 2.54. The van der Waals surface area contributed by atoms with Crippen LogP contribution in [0.1, 0.15) is 20.3 Å². The van der Waals surface area contributed by atoms with Crippen LogP contribution in [0.3, 0.4) is 0 Å². The second-order valence-electron chi connectivity index (χ2n) is 5.22. The SMILES string of the molecule is CC[C@H](Oc1cccc(Cl)c1)C(=O)Nc1ccc(NC(C)=O)cc1. The van der Waals surface area contributed by atoms with Gasteiger partial charge in [0.15, 0.2) is 6.10 Å². The van der Waals surface area contributed by atoms with Crippen LogP contribution in [0.5, 0.6) is 5.75 Å². The molecule has 0 aliphatic rings. The third kappa shape index (κ3) is 5.28. The summed E-state index contributed by atoms with van der Waals surface area (Å²) >= 11 is 5.92. The molecule has 0 spiro atoms. The lowest BCUT2D eigenvalue weighted by atomic mass is 10.2. The molecule has 2 rings (SSSR count). The summed E-state index contributed by atoms with van der Waals surface area (Å²) < 4.78 is 5.70. The normalized spacial score (nSPS) is 11.5. The van der Waals surface area contributed by atoms with E-state index in [0.717, 1.165) is 0 Å². The van der Waals surface area contributed by atoms with Crippen LogP contribution in [0.25, 0.3) is 0 Å². The van der Waals surface area contributed by atoms with E-state index in [1.165, 1.54) is 6.92 Å². The van der Waals surface area contributed by atoms with Crippen molar-refractivity contribution in [2.45, 2.75) is 26.4 Å². The van der Waals surface area contributed by atoms with Crippen molar-refractivity contribution >= 4 is 34.8 Å². The number of nitrogens with one attached hydrogen (secondary N) is 2. The Morgan fingerprint density at radius 3 is 2.25 bits per heavy atom. The Morgan fingerprint density at radius 1 is 1.08 bits per heavy atom. The van der Waals surface area contributed by atoms with E-state index in [1.807, 2.05) is 6.92 Å². The van der Waals surface area contributed by atoms with Gasteiger partial charge in [0.25, 0.3) is 5.91 Å². The van der Waals surface area contributed by atoms with E-state index in [1.54, 1.807) is 48.5 Å². The van der Waals surface area contributed by atoms with Gasteiger partial charge in [-0.25, -0.2) is 0 Å². The minimum atomic E-state index is -0.626. The van der Waals surface area contributed by atoms with Gasteiger partial charge < -0.3 is 15.4 Å². The highest BCUT2D eigenvalue weighted by atomic mass is 35.5. The standard InChI is InChI=1S/C18H19ClN2O3/c1-3-17(24-16-6-4-5-13(19)11-16)18(23)21-15-9-7-14(8-10-15)20-12(2)22/h4-11,17H,3H2,1-2H3,(H,20,22)(H,21,23)/t17-/m0/s1. The molecule has 0 aromatic heterocycles. The molecular weight excluding hydrogens is 328 g/mol. The summed E-state index contributed by atoms with van der Waals surface area (Å²) in [6.07, 6.45) is -0.110. The van der Waals surface area contributed by atoms with Crippen LogP contribution in [0.2, 0.25) is 5.02 Å². The van der Waals surface area contributed by atoms with Crippen LogP contribution in [-0.2, 0) is 9.59 Å². The highest BCUT2D eigenvalue weighted by molar-refractivity contribution is 6.30. The second-order valence-corrected chi connectivity index (χ2v) is 5.66. The Labute approximate surface area is 146 Å². The van der Waals surface area contributed by atoms with Gasteiger partial charge in [-0.1, -0.05) is 24.6 Å². The summed E-state index contributed by atoms with van der Waals surface area (Å²) in [6.45, 7) is 3.31. The van der Waals surface area contributed by atoms with Crippen molar-refractivity contribution in [3.05, 3.63) is 53.6 Å². The first-order valence-electron chi connectivity index (χ1n) is 7.58. The third-order valence-electron chi connectivity index (χ3n) is 3.21. The van der Waals surface area contributed by atoms with Crippen molar-refractivity contribution in [2.75, 3.05) is 10.6 Å². The van der Waals surface area contributed by atoms with Crippen molar-refractivity contribution in [1.82, 2.24) is 0 Å². The van der Waals surface area contributed by atoms with Crippen LogP contribution in [0.4, 0.5) is 11.4 Å². The summed E-state index contributed by atoms with van der Waals surface area (Å²) in [5, 5.41) is 6.02. The molecule has 6 heteroatoms. The molecule has 2 N–H and O–H groups in total. The molecule has 0 aliphatic carbocycles. The fourth-order valence-corrected chi connectivity index (χ4v) is 2.27. The lowest BCUT2D eigenvalue weighted by Crippen LogP contribution is -2.32. The molecule has 0 saturated carbocycles. The number of carbonyl (C=O) groups is 2. The Bertz CT molecular complexity index is 716. The van der Waals surface area contributed by atoms with Gasteiger partial charge in [-0.2, -0.15) is 0 Å². The molecule has 24 heavy (non-hydrogen) atoms. The first-order valence-corrected chi connectivity index (χ1v) is 7.96. The minimum Gasteiger partial charge on any atom is -0.481 e. The van der Waals surface area contributed by atoms with Gasteiger partial charge in [-0.3, -0.25) is 9.59 Å². The summed E-state index contributed by atoms with van der Waals surface area (Å²) in [7, 11) is 0. The molecule has 2 amide bonds. The van der Waals surface area contributed by atoms with Crippen molar-refractivity contribution in [3.8, 4) is 5.75 Å². The Balaban J connectivity index is 1.99. The molecule has 5 nitrogen and oxygen atoms in total. The molecule has 0 unspecified atom stereocenters. The predicted molar refractivity (Wildman–Crippen MR) is 95.5 cm³/mol. The molecule has 0 saturated heterocycles. The number of anilines is 2. The number of benzene rings is 2. The van der Waals surface area contributed by atoms with Crippen LogP contribution in [-0.4, -0.2) is 17.9 Å². The molecule has 0 radical (unpaired) electrons. The van der Waals surface area contributed by atoms with Gasteiger partial charge in [0.1, 0.15) is 5.75 Å². The number of rotatable bonds is 6. The zero-order valence-corrected chi connectivity index (χ0v) is 14.3. The van der Waals surface area contributed by atoms with E-state index >= 15 is 0 Å². The van der Waals surface area contributed by atoms with E-state index in [-0.39, 0.29) is 11.8 Å². The topological polar surface area (TPSA) is 67.4 Å². The highest BCUT2D eigenvalue weighted by Gasteiger charge is 2.18. The maximum Gasteiger partial charge on any atom is 0.265 e. The van der Waals surface area contributed by atoms with E-state index in [9.17, 15) is 9.59 Å². The molecule has 126 valence electrons. The van der Waals surface area contributed by atoms with Crippen molar-refractivity contribution < 1.29 is 14.3 Å². The first-order chi connectivity index (χ1) is 11.5. The largest absolute Gasteiger partial charge is 0.481 e. The van der Waals surface area contributed by atoms with Crippen LogP contribution in [0.15, 0.2) is 48.5 Å².